The molecule has 2 aliphatic rings. The lowest BCUT2D eigenvalue weighted by Gasteiger charge is -2.33. The molecule has 1 fully saturated rings. The zero-order chi connectivity index (χ0) is 17.4. The maximum Gasteiger partial charge on any atom is 0.338 e. The smallest absolute Gasteiger partial charge is 0.338 e. The van der Waals surface area contributed by atoms with Crippen LogP contribution in [0.1, 0.15) is 34.3 Å². The Bertz CT molecular complexity index is 847. The summed E-state index contributed by atoms with van der Waals surface area (Å²) in [4.78, 5) is 26.7. The van der Waals surface area contributed by atoms with Crippen molar-refractivity contribution in [3.63, 3.8) is 0 Å². The van der Waals surface area contributed by atoms with E-state index < -0.39 is 0 Å². The Kier molecular flexibility index (Phi) is 3.92. The zero-order valence-electron chi connectivity index (χ0n) is 14.1. The average Bonchev–Trinajstić information content (AvgIpc) is 3.10. The summed E-state index contributed by atoms with van der Waals surface area (Å²) in [6.07, 6.45) is 1.89. The topological polar surface area (TPSA) is 58.6 Å². The monoisotopic (exact) mass is 336 g/mol. The molecule has 0 unspecified atom stereocenters. The number of aryl methyl sites for hydroxylation is 1. The SMILES string of the molecule is Cc1cccc(COC(=O)c2ccc3c(c2)NC(=O)[C@H]2CCCN32)c1. The summed E-state index contributed by atoms with van der Waals surface area (Å²) in [5.41, 5.74) is 4.21. The molecule has 1 N–H and O–H groups in total. The van der Waals surface area contributed by atoms with E-state index in [0.717, 1.165) is 36.2 Å². The summed E-state index contributed by atoms with van der Waals surface area (Å²) in [6, 6.07) is 13.2. The van der Waals surface area contributed by atoms with Crippen molar-refractivity contribution in [2.24, 2.45) is 0 Å². The molecule has 1 saturated heterocycles. The molecule has 0 radical (unpaired) electrons. The van der Waals surface area contributed by atoms with Gasteiger partial charge in [-0.3, -0.25) is 4.79 Å². The van der Waals surface area contributed by atoms with Crippen LogP contribution in [0.3, 0.4) is 0 Å². The number of amides is 1. The maximum atomic E-state index is 12.3. The minimum absolute atomic E-state index is 0.00952. The number of nitrogens with zero attached hydrogens (tertiary/aromatic N) is 1. The second-order valence-electron chi connectivity index (χ2n) is 6.64. The molecule has 25 heavy (non-hydrogen) atoms. The predicted molar refractivity (Wildman–Crippen MR) is 95.7 cm³/mol. The van der Waals surface area contributed by atoms with Gasteiger partial charge in [0.2, 0.25) is 5.91 Å². The van der Waals surface area contributed by atoms with Crippen LogP contribution in [0.5, 0.6) is 0 Å². The predicted octanol–water partition coefficient (Wildman–Crippen LogP) is 3.27. The molecule has 1 amide bonds. The highest BCUT2D eigenvalue weighted by Gasteiger charge is 2.36. The number of carbonyl (C=O) groups excluding carboxylic acids is 2. The lowest BCUT2D eigenvalue weighted by Crippen LogP contribution is -2.43. The van der Waals surface area contributed by atoms with Crippen LogP contribution in [-0.4, -0.2) is 24.5 Å². The third-order valence-corrected chi connectivity index (χ3v) is 4.81. The first-order valence-corrected chi connectivity index (χ1v) is 8.56. The first-order chi connectivity index (χ1) is 12.1. The molecule has 2 aromatic rings. The maximum absolute atomic E-state index is 12.3. The van der Waals surface area contributed by atoms with Gasteiger partial charge < -0.3 is 15.0 Å². The van der Waals surface area contributed by atoms with Crippen molar-refractivity contribution in [1.82, 2.24) is 0 Å². The van der Waals surface area contributed by atoms with Gasteiger partial charge in [0, 0.05) is 6.54 Å². The van der Waals surface area contributed by atoms with Crippen LogP contribution in [0.25, 0.3) is 0 Å². The minimum atomic E-state index is -0.387. The van der Waals surface area contributed by atoms with Crippen molar-refractivity contribution in [3.05, 3.63) is 59.2 Å². The summed E-state index contributed by atoms with van der Waals surface area (Å²) >= 11 is 0. The molecule has 2 heterocycles. The molecule has 128 valence electrons. The molecule has 2 aliphatic heterocycles. The number of hydrogen-bond acceptors (Lipinski definition) is 4. The summed E-state index contributed by atoms with van der Waals surface area (Å²) in [7, 11) is 0. The van der Waals surface area contributed by atoms with E-state index in [-0.39, 0.29) is 24.5 Å². The van der Waals surface area contributed by atoms with Crippen molar-refractivity contribution < 1.29 is 14.3 Å². The Labute approximate surface area is 146 Å². The number of hydrogen-bond donors (Lipinski definition) is 1. The summed E-state index contributed by atoms with van der Waals surface area (Å²) in [5, 5.41) is 2.92. The van der Waals surface area contributed by atoms with E-state index in [4.69, 9.17) is 4.74 Å². The lowest BCUT2D eigenvalue weighted by atomic mass is 10.1. The normalized spacial score (nSPS) is 18.4. The second kappa shape index (κ2) is 6.24. The molecule has 2 aromatic carbocycles. The second-order valence-corrected chi connectivity index (χ2v) is 6.64. The van der Waals surface area contributed by atoms with Crippen LogP contribution in [0.4, 0.5) is 11.4 Å². The van der Waals surface area contributed by atoms with Gasteiger partial charge in [0.15, 0.2) is 0 Å². The van der Waals surface area contributed by atoms with Gasteiger partial charge in [-0.2, -0.15) is 0 Å². The minimum Gasteiger partial charge on any atom is -0.457 e. The zero-order valence-corrected chi connectivity index (χ0v) is 14.1. The number of fused-ring (bicyclic) bond motifs is 3. The van der Waals surface area contributed by atoms with Crippen LogP contribution >= 0.6 is 0 Å². The average molecular weight is 336 g/mol. The van der Waals surface area contributed by atoms with Gasteiger partial charge in [-0.05, 0) is 43.5 Å². The van der Waals surface area contributed by atoms with Gasteiger partial charge in [0.25, 0.3) is 0 Å². The Morgan fingerprint density at radius 3 is 3.00 bits per heavy atom. The van der Waals surface area contributed by atoms with Crippen LogP contribution in [0.2, 0.25) is 0 Å². The molecule has 4 rings (SSSR count). The molecule has 0 aliphatic carbocycles. The van der Waals surface area contributed by atoms with Crippen LogP contribution in [0.15, 0.2) is 42.5 Å². The van der Waals surface area contributed by atoms with E-state index >= 15 is 0 Å². The van der Waals surface area contributed by atoms with Gasteiger partial charge in [-0.15, -0.1) is 0 Å². The molecule has 5 heteroatoms. The number of ether oxygens (including phenoxy) is 1. The van der Waals surface area contributed by atoms with Gasteiger partial charge in [-0.25, -0.2) is 4.79 Å². The van der Waals surface area contributed by atoms with E-state index in [9.17, 15) is 9.59 Å². The Hall–Kier alpha value is -2.82. The van der Waals surface area contributed by atoms with E-state index in [1.165, 1.54) is 0 Å². The molecular formula is C20H20N2O3. The van der Waals surface area contributed by atoms with E-state index in [2.05, 4.69) is 10.2 Å². The number of benzene rings is 2. The van der Waals surface area contributed by atoms with Crippen molar-refractivity contribution in [2.75, 3.05) is 16.8 Å². The number of esters is 1. The van der Waals surface area contributed by atoms with Crippen LogP contribution < -0.4 is 10.2 Å². The highest BCUT2D eigenvalue weighted by Crippen LogP contribution is 2.37. The quantitative estimate of drug-likeness (QED) is 0.874. The van der Waals surface area contributed by atoms with Gasteiger partial charge in [-0.1, -0.05) is 29.8 Å². The molecule has 0 bridgehead atoms. The summed E-state index contributed by atoms with van der Waals surface area (Å²) < 4.78 is 5.41. The third-order valence-electron chi connectivity index (χ3n) is 4.81. The largest absolute Gasteiger partial charge is 0.457 e. The highest BCUT2D eigenvalue weighted by atomic mass is 16.5. The summed E-state index contributed by atoms with van der Waals surface area (Å²) in [6.45, 7) is 3.11. The Morgan fingerprint density at radius 1 is 1.28 bits per heavy atom. The number of rotatable bonds is 3. The standard InChI is InChI=1S/C20H20N2O3/c1-13-4-2-5-14(10-13)12-25-20(24)15-7-8-17-16(11-15)21-19(23)18-6-3-9-22(17)18/h2,4-5,7-8,10-11,18H,3,6,9,12H2,1H3,(H,21,23)/t18-/m1/s1. The van der Waals surface area contributed by atoms with E-state index in [0.29, 0.717) is 11.3 Å². The molecule has 1 atom stereocenters. The molecule has 5 nitrogen and oxygen atoms in total. The Balaban J connectivity index is 1.51. The van der Waals surface area contributed by atoms with Crippen LogP contribution in [-0.2, 0) is 16.1 Å². The molecule has 0 saturated carbocycles. The fourth-order valence-electron chi connectivity index (χ4n) is 3.59. The van der Waals surface area contributed by atoms with E-state index in [1.807, 2.05) is 37.3 Å². The van der Waals surface area contributed by atoms with Gasteiger partial charge in [0.05, 0.1) is 16.9 Å². The molecule has 0 aromatic heterocycles. The third kappa shape index (κ3) is 2.97. The fourth-order valence-corrected chi connectivity index (χ4v) is 3.59. The first-order valence-electron chi connectivity index (χ1n) is 8.56. The van der Waals surface area contributed by atoms with Crippen molar-refractivity contribution in [2.45, 2.75) is 32.4 Å². The number of carbonyl (C=O) groups is 2. The van der Waals surface area contributed by atoms with Crippen molar-refractivity contribution in [3.8, 4) is 0 Å². The van der Waals surface area contributed by atoms with Crippen molar-refractivity contribution in [1.29, 1.82) is 0 Å². The van der Waals surface area contributed by atoms with E-state index in [1.54, 1.807) is 12.1 Å². The highest BCUT2D eigenvalue weighted by molar-refractivity contribution is 6.05. The molecule has 0 spiro atoms. The summed E-state index contributed by atoms with van der Waals surface area (Å²) in [5.74, 6) is -0.377. The van der Waals surface area contributed by atoms with Gasteiger partial charge in [0.1, 0.15) is 12.6 Å². The molecular weight excluding hydrogens is 316 g/mol. The fraction of sp³-hybridized carbons (Fsp3) is 0.300. The van der Waals surface area contributed by atoms with Gasteiger partial charge >= 0.3 is 5.97 Å². The Morgan fingerprint density at radius 2 is 2.16 bits per heavy atom. The first kappa shape index (κ1) is 15.7. The lowest BCUT2D eigenvalue weighted by molar-refractivity contribution is -0.117. The van der Waals surface area contributed by atoms with Crippen molar-refractivity contribution >= 4 is 23.3 Å². The van der Waals surface area contributed by atoms with Crippen LogP contribution in [0, 0.1) is 6.92 Å². The number of anilines is 2. The number of nitrogens with one attached hydrogen (secondary N) is 1.